The molecule has 1 saturated heterocycles. The topological polar surface area (TPSA) is 45.6 Å². The molecule has 1 aromatic heterocycles. The van der Waals surface area contributed by atoms with Crippen LogP contribution in [0.3, 0.4) is 0 Å². The van der Waals surface area contributed by atoms with Crippen molar-refractivity contribution in [3.05, 3.63) is 57.9 Å². The first kappa shape index (κ1) is 21.3. The number of carbonyl (C=O) groups excluding carboxylic acids is 2. The number of hydrogen-bond donors (Lipinski definition) is 0. The first-order valence-corrected chi connectivity index (χ1v) is 10.5. The Morgan fingerprint density at radius 2 is 1.59 bits per heavy atom. The molecule has 5 nitrogen and oxygen atoms in total. The molecule has 2 aromatic rings. The molecule has 0 N–H and O–H groups in total. The van der Waals surface area contributed by atoms with E-state index in [4.69, 9.17) is 0 Å². The van der Waals surface area contributed by atoms with Crippen molar-refractivity contribution in [2.75, 3.05) is 32.7 Å². The molecule has 0 atom stereocenters. The zero-order chi connectivity index (χ0) is 21.3. The predicted molar refractivity (Wildman–Crippen MR) is 117 cm³/mol. The van der Waals surface area contributed by atoms with Crippen LogP contribution >= 0.6 is 0 Å². The summed E-state index contributed by atoms with van der Waals surface area (Å²) in [5, 5.41) is 0. The second-order valence-corrected chi connectivity index (χ2v) is 8.54. The zero-order valence-corrected chi connectivity index (χ0v) is 18.6. The monoisotopic (exact) mass is 395 g/mol. The van der Waals surface area contributed by atoms with E-state index < -0.39 is 0 Å². The van der Waals surface area contributed by atoms with Gasteiger partial charge in [0, 0.05) is 54.7 Å². The van der Waals surface area contributed by atoms with Crippen molar-refractivity contribution in [1.29, 1.82) is 0 Å². The summed E-state index contributed by atoms with van der Waals surface area (Å²) in [6.07, 6.45) is 0. The van der Waals surface area contributed by atoms with Gasteiger partial charge in [-0.25, -0.2) is 0 Å². The summed E-state index contributed by atoms with van der Waals surface area (Å²) in [4.78, 5) is 29.8. The molecule has 0 radical (unpaired) electrons. The van der Waals surface area contributed by atoms with Gasteiger partial charge in [-0.1, -0.05) is 6.07 Å². The van der Waals surface area contributed by atoms with E-state index in [1.165, 1.54) is 5.56 Å². The molecule has 1 aliphatic rings. The van der Waals surface area contributed by atoms with Gasteiger partial charge in [0.05, 0.1) is 6.54 Å². The van der Waals surface area contributed by atoms with Gasteiger partial charge in [0.25, 0.3) is 5.91 Å². The number of amides is 1. The number of Topliss-reactive ketones (excluding diaryl/α,β-unsaturated/α-hetero) is 1. The van der Waals surface area contributed by atoms with Crippen molar-refractivity contribution < 1.29 is 9.59 Å². The zero-order valence-electron chi connectivity index (χ0n) is 18.6. The van der Waals surface area contributed by atoms with Gasteiger partial charge in [-0.05, 0) is 70.9 Å². The molecule has 0 bridgehead atoms. The smallest absolute Gasteiger partial charge is 0.253 e. The number of benzene rings is 1. The van der Waals surface area contributed by atoms with E-state index in [1.807, 2.05) is 43.0 Å². The lowest BCUT2D eigenvalue weighted by atomic mass is 10.1. The molecule has 1 aromatic carbocycles. The van der Waals surface area contributed by atoms with Gasteiger partial charge in [-0.3, -0.25) is 14.5 Å². The van der Waals surface area contributed by atoms with Crippen molar-refractivity contribution >= 4 is 11.7 Å². The van der Waals surface area contributed by atoms with Crippen LogP contribution in [0.4, 0.5) is 0 Å². The Balaban J connectivity index is 1.60. The van der Waals surface area contributed by atoms with Crippen LogP contribution in [0.2, 0.25) is 0 Å². The van der Waals surface area contributed by atoms with Gasteiger partial charge < -0.3 is 9.47 Å². The number of carbonyl (C=O) groups is 2. The van der Waals surface area contributed by atoms with Crippen LogP contribution < -0.4 is 0 Å². The fourth-order valence-electron chi connectivity index (χ4n) is 4.31. The van der Waals surface area contributed by atoms with Gasteiger partial charge in [-0.2, -0.15) is 0 Å². The molecular formula is C24H33N3O2. The molecule has 2 heterocycles. The Morgan fingerprint density at radius 3 is 2.14 bits per heavy atom. The third kappa shape index (κ3) is 4.45. The molecule has 0 spiro atoms. The normalized spacial score (nSPS) is 15.2. The molecule has 156 valence electrons. The summed E-state index contributed by atoms with van der Waals surface area (Å²) < 4.78 is 2.22. The SMILES string of the molecule is Cc1ccc(C(=O)N2CCN(CC(=O)c3cc(C)n(C(C)C)c3C)CC2)cc1C. The third-order valence-electron chi connectivity index (χ3n) is 6.08. The van der Waals surface area contributed by atoms with Crippen LogP contribution in [0.5, 0.6) is 0 Å². The second kappa shape index (κ2) is 8.54. The van der Waals surface area contributed by atoms with E-state index in [1.54, 1.807) is 0 Å². The lowest BCUT2D eigenvalue weighted by Gasteiger charge is -2.34. The van der Waals surface area contributed by atoms with Crippen molar-refractivity contribution in [2.45, 2.75) is 47.6 Å². The molecule has 1 aliphatic heterocycles. The molecule has 5 heteroatoms. The second-order valence-electron chi connectivity index (χ2n) is 8.54. The highest BCUT2D eigenvalue weighted by atomic mass is 16.2. The average Bonchev–Trinajstić information content (AvgIpc) is 2.98. The number of rotatable bonds is 5. The van der Waals surface area contributed by atoms with Crippen LogP contribution in [0, 0.1) is 27.7 Å². The Hall–Kier alpha value is -2.40. The van der Waals surface area contributed by atoms with E-state index >= 15 is 0 Å². The standard InChI is InChI=1S/C24H33N3O2/c1-16(2)27-19(5)14-22(20(27)6)23(28)15-25-9-11-26(12-10-25)24(29)21-8-7-17(3)18(4)13-21/h7-8,13-14,16H,9-12,15H2,1-6H3. The predicted octanol–water partition coefficient (Wildman–Crippen LogP) is 3.94. The summed E-state index contributed by atoms with van der Waals surface area (Å²) >= 11 is 0. The van der Waals surface area contributed by atoms with E-state index in [0.29, 0.717) is 25.7 Å². The minimum Gasteiger partial charge on any atom is -0.346 e. The van der Waals surface area contributed by atoms with Gasteiger partial charge in [-0.15, -0.1) is 0 Å². The van der Waals surface area contributed by atoms with E-state index in [0.717, 1.165) is 41.2 Å². The third-order valence-corrected chi connectivity index (χ3v) is 6.08. The van der Waals surface area contributed by atoms with Crippen LogP contribution in [-0.2, 0) is 0 Å². The van der Waals surface area contributed by atoms with Gasteiger partial charge >= 0.3 is 0 Å². The molecule has 0 unspecified atom stereocenters. The summed E-state index contributed by atoms with van der Waals surface area (Å²) in [5.74, 6) is 0.249. The van der Waals surface area contributed by atoms with Crippen molar-refractivity contribution in [1.82, 2.24) is 14.4 Å². The van der Waals surface area contributed by atoms with E-state index in [-0.39, 0.29) is 11.7 Å². The van der Waals surface area contributed by atoms with E-state index in [2.05, 4.69) is 37.2 Å². The van der Waals surface area contributed by atoms with Gasteiger partial charge in [0.2, 0.25) is 0 Å². The highest BCUT2D eigenvalue weighted by molar-refractivity contribution is 5.99. The largest absolute Gasteiger partial charge is 0.346 e. The molecule has 1 fully saturated rings. The number of aromatic nitrogens is 1. The summed E-state index contributed by atoms with van der Waals surface area (Å²) in [6, 6.07) is 8.24. The molecule has 29 heavy (non-hydrogen) atoms. The van der Waals surface area contributed by atoms with Gasteiger partial charge in [0.15, 0.2) is 5.78 Å². The summed E-state index contributed by atoms with van der Waals surface area (Å²) in [6.45, 7) is 15.6. The van der Waals surface area contributed by atoms with Crippen molar-refractivity contribution in [2.24, 2.45) is 0 Å². The maximum absolute atomic E-state index is 12.9. The maximum atomic E-state index is 12.9. The minimum atomic E-state index is 0.0829. The van der Waals surface area contributed by atoms with Crippen LogP contribution in [0.25, 0.3) is 0 Å². The Labute approximate surface area is 174 Å². The Kier molecular flexibility index (Phi) is 6.27. The van der Waals surface area contributed by atoms with Crippen molar-refractivity contribution in [3.8, 4) is 0 Å². The Bertz CT molecular complexity index is 918. The number of aryl methyl sites for hydroxylation is 3. The average molecular weight is 396 g/mol. The molecular weight excluding hydrogens is 362 g/mol. The quantitative estimate of drug-likeness (QED) is 0.721. The van der Waals surface area contributed by atoms with E-state index in [9.17, 15) is 9.59 Å². The summed E-state index contributed by atoms with van der Waals surface area (Å²) in [7, 11) is 0. The Morgan fingerprint density at radius 1 is 0.931 bits per heavy atom. The number of piperazine rings is 1. The van der Waals surface area contributed by atoms with Crippen LogP contribution in [0.15, 0.2) is 24.3 Å². The van der Waals surface area contributed by atoms with Crippen LogP contribution in [0.1, 0.15) is 63.1 Å². The first-order chi connectivity index (χ1) is 13.7. The fourth-order valence-corrected chi connectivity index (χ4v) is 4.31. The molecule has 0 saturated carbocycles. The number of hydrogen-bond acceptors (Lipinski definition) is 3. The lowest BCUT2D eigenvalue weighted by molar-refractivity contribution is 0.0624. The van der Waals surface area contributed by atoms with Gasteiger partial charge in [0.1, 0.15) is 0 Å². The maximum Gasteiger partial charge on any atom is 0.253 e. The van der Waals surface area contributed by atoms with Crippen LogP contribution in [-0.4, -0.2) is 58.8 Å². The molecule has 3 rings (SSSR count). The minimum absolute atomic E-state index is 0.0829. The van der Waals surface area contributed by atoms with Crippen molar-refractivity contribution in [3.63, 3.8) is 0 Å². The molecule has 0 aliphatic carbocycles. The summed E-state index contributed by atoms with van der Waals surface area (Å²) in [5.41, 5.74) is 6.08. The molecule has 1 amide bonds. The number of nitrogens with zero attached hydrogens (tertiary/aromatic N) is 3. The highest BCUT2D eigenvalue weighted by Crippen LogP contribution is 2.21. The highest BCUT2D eigenvalue weighted by Gasteiger charge is 2.25. The fraction of sp³-hybridized carbons (Fsp3) is 0.500. The first-order valence-electron chi connectivity index (χ1n) is 10.5. The lowest BCUT2D eigenvalue weighted by Crippen LogP contribution is -2.49. The number of ketones is 1.